The van der Waals surface area contributed by atoms with Crippen LogP contribution in [0.4, 0.5) is 0 Å². The van der Waals surface area contributed by atoms with E-state index in [9.17, 15) is 13.2 Å². The normalized spacial score (nSPS) is 19.5. The Morgan fingerprint density at radius 2 is 2.19 bits per heavy atom. The maximum atomic E-state index is 12.6. The van der Waals surface area contributed by atoms with Gasteiger partial charge in [0.1, 0.15) is 0 Å². The van der Waals surface area contributed by atoms with Crippen LogP contribution >= 0.6 is 0 Å². The van der Waals surface area contributed by atoms with Crippen molar-refractivity contribution in [1.29, 1.82) is 0 Å². The Balaban J connectivity index is 2.10. The number of hydrogen-bond acceptors (Lipinski definition) is 4. The highest BCUT2D eigenvalue weighted by Crippen LogP contribution is 2.19. The third kappa shape index (κ3) is 4.50. The van der Waals surface area contributed by atoms with Gasteiger partial charge in [0.05, 0.1) is 11.8 Å². The fourth-order valence-corrected chi connectivity index (χ4v) is 2.98. The molecule has 2 rings (SSSR count). The number of sulfonamides is 1. The van der Waals surface area contributed by atoms with Crippen LogP contribution in [0.15, 0.2) is 18.3 Å². The van der Waals surface area contributed by atoms with Crippen LogP contribution in [0.25, 0.3) is 0 Å². The van der Waals surface area contributed by atoms with Gasteiger partial charge in [0.2, 0.25) is 10.0 Å². The summed E-state index contributed by atoms with van der Waals surface area (Å²) in [6.45, 7) is 2.79. The number of carbonyl (C=O) groups excluding carboxylic acids is 1. The summed E-state index contributed by atoms with van der Waals surface area (Å²) in [6.07, 6.45) is 5.47. The lowest BCUT2D eigenvalue weighted by Crippen LogP contribution is -2.49. The van der Waals surface area contributed by atoms with Gasteiger partial charge >= 0.3 is 0 Å². The summed E-state index contributed by atoms with van der Waals surface area (Å²) in [5, 5.41) is 0. The highest BCUT2D eigenvalue weighted by Gasteiger charge is 2.28. The molecule has 2 heterocycles. The van der Waals surface area contributed by atoms with Crippen molar-refractivity contribution in [2.24, 2.45) is 0 Å². The number of nitrogens with zero attached hydrogens (tertiary/aromatic N) is 2. The first-order valence-corrected chi connectivity index (χ1v) is 8.94. The first-order valence-electron chi connectivity index (χ1n) is 7.05. The number of piperidine rings is 1. The van der Waals surface area contributed by atoms with Crippen LogP contribution in [0.5, 0.6) is 0 Å². The Morgan fingerprint density at radius 3 is 2.81 bits per heavy atom. The van der Waals surface area contributed by atoms with E-state index in [0.29, 0.717) is 12.1 Å². The summed E-state index contributed by atoms with van der Waals surface area (Å²) < 4.78 is 25.0. The summed E-state index contributed by atoms with van der Waals surface area (Å²) in [5.74, 6) is -0.0810. The van der Waals surface area contributed by atoms with Gasteiger partial charge in [0.15, 0.2) is 0 Å². The molecule has 1 N–H and O–H groups in total. The van der Waals surface area contributed by atoms with Crippen molar-refractivity contribution in [2.45, 2.75) is 32.2 Å². The van der Waals surface area contributed by atoms with Gasteiger partial charge in [-0.15, -0.1) is 0 Å². The zero-order valence-electron chi connectivity index (χ0n) is 12.4. The Bertz CT molecular complexity index is 598. The van der Waals surface area contributed by atoms with Crippen molar-refractivity contribution < 1.29 is 13.2 Å². The van der Waals surface area contributed by atoms with Crippen molar-refractivity contribution in [2.75, 3.05) is 19.3 Å². The molecule has 6 nitrogen and oxygen atoms in total. The number of aryl methyl sites for hydroxylation is 1. The van der Waals surface area contributed by atoms with Crippen LogP contribution in [-0.2, 0) is 10.0 Å². The van der Waals surface area contributed by atoms with Crippen LogP contribution in [-0.4, -0.2) is 49.6 Å². The molecule has 1 aliphatic rings. The summed E-state index contributed by atoms with van der Waals surface area (Å²) in [5.41, 5.74) is 1.41. The van der Waals surface area contributed by atoms with E-state index in [1.807, 2.05) is 6.92 Å². The molecule has 1 saturated heterocycles. The molecule has 0 bridgehead atoms. The van der Waals surface area contributed by atoms with Gasteiger partial charge in [-0.25, -0.2) is 13.1 Å². The quantitative estimate of drug-likeness (QED) is 0.897. The Morgan fingerprint density at radius 1 is 1.43 bits per heavy atom. The smallest absolute Gasteiger partial charge is 0.255 e. The molecule has 1 aliphatic heterocycles. The van der Waals surface area contributed by atoms with E-state index >= 15 is 0 Å². The molecule has 21 heavy (non-hydrogen) atoms. The molecular formula is C14H21N3O3S. The minimum Gasteiger partial charge on any atom is -0.334 e. The molecule has 1 aromatic rings. The fraction of sp³-hybridized carbons (Fsp3) is 0.571. The highest BCUT2D eigenvalue weighted by atomic mass is 32.2. The second-order valence-corrected chi connectivity index (χ2v) is 7.29. The zero-order valence-corrected chi connectivity index (χ0v) is 13.2. The van der Waals surface area contributed by atoms with E-state index in [1.165, 1.54) is 0 Å². The van der Waals surface area contributed by atoms with Crippen LogP contribution in [0.2, 0.25) is 0 Å². The number of amides is 1. The van der Waals surface area contributed by atoms with E-state index < -0.39 is 10.0 Å². The van der Waals surface area contributed by atoms with Crippen LogP contribution in [0, 0.1) is 6.92 Å². The van der Waals surface area contributed by atoms with Gasteiger partial charge < -0.3 is 4.90 Å². The van der Waals surface area contributed by atoms with E-state index in [-0.39, 0.29) is 18.5 Å². The molecule has 1 aromatic heterocycles. The minimum absolute atomic E-state index is 0.0810. The first-order chi connectivity index (χ1) is 9.87. The molecule has 0 radical (unpaired) electrons. The largest absolute Gasteiger partial charge is 0.334 e. The topological polar surface area (TPSA) is 79.4 Å². The van der Waals surface area contributed by atoms with Crippen LogP contribution in [0.3, 0.4) is 0 Å². The zero-order chi connectivity index (χ0) is 15.5. The van der Waals surface area contributed by atoms with E-state index in [4.69, 9.17) is 0 Å². The van der Waals surface area contributed by atoms with Gasteiger partial charge in [-0.2, -0.15) is 0 Å². The maximum absolute atomic E-state index is 12.6. The standard InChI is InChI=1S/C14H21N3O3S/c1-11-6-7-12(9-15-11)14(18)17-8-4-3-5-13(17)10-16-21(2,19)20/h6-7,9,13,16H,3-5,8,10H2,1-2H3/t13-/m0/s1. The van der Waals surface area contributed by atoms with Gasteiger partial charge in [0.25, 0.3) is 5.91 Å². The fourth-order valence-electron chi connectivity index (χ4n) is 2.49. The Kier molecular flexibility index (Phi) is 4.95. The van der Waals surface area contributed by atoms with Gasteiger partial charge in [-0.1, -0.05) is 0 Å². The lowest BCUT2D eigenvalue weighted by Gasteiger charge is -2.35. The number of pyridine rings is 1. The van der Waals surface area contributed by atoms with Gasteiger partial charge in [-0.3, -0.25) is 9.78 Å². The highest BCUT2D eigenvalue weighted by molar-refractivity contribution is 7.88. The van der Waals surface area contributed by atoms with E-state index in [0.717, 1.165) is 31.2 Å². The predicted molar refractivity (Wildman–Crippen MR) is 80.5 cm³/mol. The molecular weight excluding hydrogens is 290 g/mol. The maximum Gasteiger partial charge on any atom is 0.255 e. The minimum atomic E-state index is -3.24. The number of likely N-dealkylation sites (tertiary alicyclic amines) is 1. The number of rotatable bonds is 4. The van der Waals surface area contributed by atoms with Gasteiger partial charge in [-0.05, 0) is 38.3 Å². The second-order valence-electron chi connectivity index (χ2n) is 5.46. The molecule has 7 heteroatoms. The van der Waals surface area contributed by atoms with Crippen molar-refractivity contribution in [3.8, 4) is 0 Å². The van der Waals surface area contributed by atoms with E-state index in [2.05, 4.69) is 9.71 Å². The molecule has 116 valence electrons. The molecule has 0 aromatic carbocycles. The summed E-state index contributed by atoms with van der Waals surface area (Å²) in [4.78, 5) is 18.5. The first kappa shape index (κ1) is 15.9. The van der Waals surface area contributed by atoms with Crippen LogP contribution < -0.4 is 4.72 Å². The van der Waals surface area contributed by atoms with Gasteiger partial charge in [0, 0.05) is 31.0 Å². The summed E-state index contributed by atoms with van der Waals surface area (Å²) in [6, 6.07) is 3.48. The van der Waals surface area contributed by atoms with E-state index in [1.54, 1.807) is 23.2 Å². The van der Waals surface area contributed by atoms with Crippen molar-refractivity contribution in [3.05, 3.63) is 29.6 Å². The third-order valence-corrected chi connectivity index (χ3v) is 4.32. The average Bonchev–Trinajstić information content (AvgIpc) is 2.45. The lowest BCUT2D eigenvalue weighted by atomic mass is 10.0. The molecule has 0 unspecified atom stereocenters. The molecule has 1 amide bonds. The van der Waals surface area contributed by atoms with Crippen molar-refractivity contribution in [1.82, 2.24) is 14.6 Å². The number of nitrogens with one attached hydrogen (secondary N) is 1. The third-order valence-electron chi connectivity index (χ3n) is 3.63. The average molecular weight is 311 g/mol. The number of carbonyl (C=O) groups is 1. The molecule has 0 saturated carbocycles. The van der Waals surface area contributed by atoms with Crippen molar-refractivity contribution in [3.63, 3.8) is 0 Å². The number of hydrogen-bond donors (Lipinski definition) is 1. The summed E-state index contributed by atoms with van der Waals surface area (Å²) in [7, 11) is -3.24. The Labute approximate surface area is 125 Å². The monoisotopic (exact) mass is 311 g/mol. The second kappa shape index (κ2) is 6.53. The SMILES string of the molecule is Cc1ccc(C(=O)N2CCCC[C@H]2CNS(C)(=O)=O)cn1. The molecule has 1 atom stereocenters. The number of aromatic nitrogens is 1. The van der Waals surface area contributed by atoms with Crippen LogP contribution in [0.1, 0.15) is 35.3 Å². The predicted octanol–water partition coefficient (Wildman–Crippen LogP) is 0.934. The molecule has 1 fully saturated rings. The molecule has 0 aliphatic carbocycles. The van der Waals surface area contributed by atoms with Crippen molar-refractivity contribution >= 4 is 15.9 Å². The lowest BCUT2D eigenvalue weighted by molar-refractivity contribution is 0.0618. The Hall–Kier alpha value is -1.47. The summed E-state index contributed by atoms with van der Waals surface area (Å²) >= 11 is 0. The molecule has 0 spiro atoms.